The Morgan fingerprint density at radius 1 is 1.48 bits per heavy atom. The lowest BCUT2D eigenvalue weighted by atomic mass is 10.0. The minimum atomic E-state index is -0.0445. The van der Waals surface area contributed by atoms with E-state index in [1.807, 2.05) is 29.4 Å². The highest BCUT2D eigenvalue weighted by atomic mass is 16.3. The topological polar surface area (TPSA) is 80.0 Å². The second kappa shape index (κ2) is 6.58. The van der Waals surface area contributed by atoms with Gasteiger partial charge in [-0.1, -0.05) is 6.92 Å². The van der Waals surface area contributed by atoms with Crippen LogP contribution < -0.4 is 0 Å². The molecule has 0 aliphatic carbocycles. The number of nitrogens with one attached hydrogen (secondary N) is 1. The zero-order valence-corrected chi connectivity index (χ0v) is 14.2. The Balaban J connectivity index is 1.50. The van der Waals surface area contributed by atoms with Crippen LogP contribution in [-0.4, -0.2) is 43.6 Å². The van der Waals surface area contributed by atoms with Gasteiger partial charge in [0.1, 0.15) is 11.5 Å². The summed E-state index contributed by atoms with van der Waals surface area (Å²) < 4.78 is 7.55. The van der Waals surface area contributed by atoms with Crippen LogP contribution in [0.1, 0.15) is 42.1 Å². The third-order valence-corrected chi connectivity index (χ3v) is 4.73. The number of nitrogens with zero attached hydrogens (tertiary/aromatic N) is 4. The molecule has 130 valence electrons. The number of piperidine rings is 1. The van der Waals surface area contributed by atoms with Crippen LogP contribution in [0.25, 0.3) is 11.5 Å². The molecule has 0 aromatic carbocycles. The summed E-state index contributed by atoms with van der Waals surface area (Å²) in [7, 11) is 0. The molecule has 1 amide bonds. The van der Waals surface area contributed by atoms with Gasteiger partial charge in [0.05, 0.1) is 12.3 Å². The van der Waals surface area contributed by atoms with Crippen LogP contribution in [0.5, 0.6) is 0 Å². The highest BCUT2D eigenvalue weighted by Crippen LogP contribution is 2.25. The molecule has 0 unspecified atom stereocenters. The molecule has 4 rings (SSSR count). The number of aromatic amines is 1. The van der Waals surface area contributed by atoms with Gasteiger partial charge in [-0.25, -0.2) is 4.98 Å². The lowest BCUT2D eigenvalue weighted by Gasteiger charge is -2.33. The molecule has 25 heavy (non-hydrogen) atoms. The number of aromatic nitrogens is 4. The van der Waals surface area contributed by atoms with Crippen LogP contribution in [0.2, 0.25) is 0 Å². The van der Waals surface area contributed by atoms with Gasteiger partial charge in [0.25, 0.3) is 5.91 Å². The van der Waals surface area contributed by atoms with Gasteiger partial charge in [-0.05, 0) is 25.0 Å². The molecule has 1 N–H and O–H groups in total. The fourth-order valence-corrected chi connectivity index (χ4v) is 3.47. The summed E-state index contributed by atoms with van der Waals surface area (Å²) >= 11 is 0. The van der Waals surface area contributed by atoms with E-state index >= 15 is 0 Å². The molecule has 7 nitrogen and oxygen atoms in total. The molecule has 1 aliphatic rings. The maximum absolute atomic E-state index is 12.8. The smallest absolute Gasteiger partial charge is 0.274 e. The number of aryl methyl sites for hydroxylation is 1. The zero-order valence-electron chi connectivity index (χ0n) is 14.2. The second-order valence-electron chi connectivity index (χ2n) is 6.30. The lowest BCUT2D eigenvalue weighted by molar-refractivity contribution is 0.0672. The standard InChI is InChI=1S/C18H21N5O2/c1-2-17-19-7-9-23(17)13-5-3-8-22(12-13)18(24)15-11-14(20-21-15)16-6-4-10-25-16/h4,6-7,9-11,13H,2-3,5,8,12H2,1H3,(H,20,21)/t13-/m0/s1. The van der Waals surface area contributed by atoms with Crippen LogP contribution in [0.4, 0.5) is 0 Å². The van der Waals surface area contributed by atoms with E-state index in [4.69, 9.17) is 4.42 Å². The summed E-state index contributed by atoms with van der Waals surface area (Å²) in [5.74, 6) is 1.70. The molecular formula is C18H21N5O2. The molecular weight excluding hydrogens is 318 g/mol. The van der Waals surface area contributed by atoms with Crippen LogP contribution >= 0.6 is 0 Å². The van der Waals surface area contributed by atoms with E-state index in [0.717, 1.165) is 31.6 Å². The molecule has 0 spiro atoms. The van der Waals surface area contributed by atoms with E-state index in [2.05, 4.69) is 26.7 Å². The summed E-state index contributed by atoms with van der Waals surface area (Å²) in [4.78, 5) is 19.1. The molecule has 1 aliphatic heterocycles. The van der Waals surface area contributed by atoms with Crippen molar-refractivity contribution >= 4 is 5.91 Å². The van der Waals surface area contributed by atoms with Gasteiger partial charge >= 0.3 is 0 Å². The largest absolute Gasteiger partial charge is 0.463 e. The molecule has 7 heteroatoms. The average Bonchev–Trinajstić information content (AvgIpc) is 3.41. The molecule has 0 bridgehead atoms. The normalized spacial score (nSPS) is 17.8. The number of amides is 1. The molecule has 3 aromatic rings. The third-order valence-electron chi connectivity index (χ3n) is 4.73. The van der Waals surface area contributed by atoms with Gasteiger partial charge in [0.15, 0.2) is 11.5 Å². The van der Waals surface area contributed by atoms with E-state index in [0.29, 0.717) is 23.7 Å². The van der Waals surface area contributed by atoms with E-state index < -0.39 is 0 Å². The third kappa shape index (κ3) is 2.97. The first kappa shape index (κ1) is 15.7. The van der Waals surface area contributed by atoms with E-state index in [9.17, 15) is 4.79 Å². The van der Waals surface area contributed by atoms with Crippen molar-refractivity contribution < 1.29 is 9.21 Å². The number of H-pyrrole nitrogens is 1. The molecule has 3 aromatic heterocycles. The fraction of sp³-hybridized carbons (Fsp3) is 0.389. The number of rotatable bonds is 4. The van der Waals surface area contributed by atoms with Crippen molar-refractivity contribution in [1.29, 1.82) is 0 Å². The molecule has 1 fully saturated rings. The lowest BCUT2D eigenvalue weighted by Crippen LogP contribution is -2.41. The van der Waals surface area contributed by atoms with Crippen molar-refractivity contribution in [2.45, 2.75) is 32.2 Å². The maximum Gasteiger partial charge on any atom is 0.274 e. The Kier molecular flexibility index (Phi) is 4.13. The summed E-state index contributed by atoms with van der Waals surface area (Å²) in [6.07, 6.45) is 8.38. The summed E-state index contributed by atoms with van der Waals surface area (Å²) in [5.41, 5.74) is 1.14. The van der Waals surface area contributed by atoms with Gasteiger partial charge in [-0.15, -0.1) is 0 Å². The highest BCUT2D eigenvalue weighted by Gasteiger charge is 2.27. The predicted molar refractivity (Wildman–Crippen MR) is 92.1 cm³/mol. The van der Waals surface area contributed by atoms with Gasteiger partial charge in [-0.2, -0.15) is 5.10 Å². The minimum Gasteiger partial charge on any atom is -0.463 e. The Hall–Kier alpha value is -2.83. The van der Waals surface area contributed by atoms with Gasteiger partial charge in [-0.3, -0.25) is 9.89 Å². The Morgan fingerprint density at radius 3 is 3.20 bits per heavy atom. The van der Waals surface area contributed by atoms with E-state index in [1.54, 1.807) is 12.3 Å². The monoisotopic (exact) mass is 339 g/mol. The van der Waals surface area contributed by atoms with Crippen molar-refractivity contribution in [3.8, 4) is 11.5 Å². The number of hydrogen-bond donors (Lipinski definition) is 1. The molecule has 0 saturated carbocycles. The SMILES string of the molecule is CCc1nccn1[C@H]1CCCN(C(=O)c2cc(-c3ccco3)[nH]n2)C1. The molecule has 4 heterocycles. The van der Waals surface area contributed by atoms with Gasteiger partial charge in [0.2, 0.25) is 0 Å². The van der Waals surface area contributed by atoms with Crippen molar-refractivity contribution in [2.75, 3.05) is 13.1 Å². The Morgan fingerprint density at radius 2 is 2.40 bits per heavy atom. The first-order chi connectivity index (χ1) is 12.3. The molecule has 1 saturated heterocycles. The van der Waals surface area contributed by atoms with Gasteiger partial charge < -0.3 is 13.9 Å². The van der Waals surface area contributed by atoms with Crippen LogP contribution in [0.15, 0.2) is 41.3 Å². The van der Waals surface area contributed by atoms with Crippen molar-refractivity contribution in [1.82, 2.24) is 24.6 Å². The first-order valence-electron chi connectivity index (χ1n) is 8.66. The number of likely N-dealkylation sites (tertiary alicyclic amines) is 1. The first-order valence-corrected chi connectivity index (χ1v) is 8.66. The molecule has 1 atom stereocenters. The second-order valence-corrected chi connectivity index (χ2v) is 6.30. The van der Waals surface area contributed by atoms with E-state index in [-0.39, 0.29) is 11.9 Å². The van der Waals surface area contributed by atoms with Gasteiger partial charge in [0, 0.05) is 38.0 Å². The number of imidazole rings is 1. The Bertz CT molecular complexity index is 849. The van der Waals surface area contributed by atoms with Crippen molar-refractivity contribution in [3.63, 3.8) is 0 Å². The number of carbonyl (C=O) groups is 1. The summed E-state index contributed by atoms with van der Waals surface area (Å²) in [6.45, 7) is 3.55. The van der Waals surface area contributed by atoms with Crippen LogP contribution in [0.3, 0.4) is 0 Å². The summed E-state index contributed by atoms with van der Waals surface area (Å²) in [5, 5.41) is 7.05. The Labute approximate surface area is 145 Å². The van der Waals surface area contributed by atoms with Crippen LogP contribution in [0, 0.1) is 0 Å². The fourth-order valence-electron chi connectivity index (χ4n) is 3.47. The number of carbonyl (C=O) groups excluding carboxylic acids is 1. The quantitative estimate of drug-likeness (QED) is 0.792. The highest BCUT2D eigenvalue weighted by molar-refractivity contribution is 5.93. The predicted octanol–water partition coefficient (Wildman–Crippen LogP) is 2.91. The number of hydrogen-bond acceptors (Lipinski definition) is 4. The zero-order chi connectivity index (χ0) is 17.2. The van der Waals surface area contributed by atoms with Crippen molar-refractivity contribution in [2.24, 2.45) is 0 Å². The maximum atomic E-state index is 12.8. The van der Waals surface area contributed by atoms with E-state index in [1.165, 1.54) is 0 Å². The average molecular weight is 339 g/mol. The van der Waals surface area contributed by atoms with Crippen LogP contribution in [-0.2, 0) is 6.42 Å². The van der Waals surface area contributed by atoms with Crippen molar-refractivity contribution in [3.05, 3.63) is 48.4 Å². The molecule has 0 radical (unpaired) electrons. The minimum absolute atomic E-state index is 0.0445. The number of furan rings is 1. The summed E-state index contributed by atoms with van der Waals surface area (Å²) in [6, 6.07) is 5.67.